The Balaban J connectivity index is 2.07. The summed E-state index contributed by atoms with van der Waals surface area (Å²) < 4.78 is 6.08. The molecular weight excluding hydrogens is 208 g/mol. The van der Waals surface area contributed by atoms with Crippen molar-refractivity contribution in [1.82, 2.24) is 0 Å². The number of allylic oxidation sites excluding steroid dienone is 1. The zero-order chi connectivity index (χ0) is 12.3. The molecule has 0 N–H and O–H groups in total. The number of rotatable bonds is 0. The van der Waals surface area contributed by atoms with E-state index in [0.29, 0.717) is 10.8 Å². The lowest BCUT2D eigenvalue weighted by molar-refractivity contribution is -0.0523. The molecule has 1 saturated carbocycles. The van der Waals surface area contributed by atoms with Gasteiger partial charge in [-0.15, -0.1) is 0 Å². The van der Waals surface area contributed by atoms with Crippen molar-refractivity contribution in [1.29, 1.82) is 0 Å². The minimum Gasteiger partial charge on any atom is -0.375 e. The van der Waals surface area contributed by atoms with E-state index in [9.17, 15) is 0 Å². The highest BCUT2D eigenvalue weighted by atomic mass is 16.5. The summed E-state index contributed by atoms with van der Waals surface area (Å²) in [5.74, 6) is 0.745. The minimum atomic E-state index is 0.131. The highest BCUT2D eigenvalue weighted by Crippen LogP contribution is 2.62. The number of ether oxygens (including phenoxy) is 1. The van der Waals surface area contributed by atoms with Gasteiger partial charge in [0, 0.05) is 6.61 Å². The van der Waals surface area contributed by atoms with Crippen LogP contribution in [0.2, 0.25) is 0 Å². The third kappa shape index (κ3) is 1.47. The molecule has 17 heavy (non-hydrogen) atoms. The average molecular weight is 234 g/mol. The SMILES string of the molecule is CC1(C)CCC[C@@]2(C)C1=CC[C@@]1(C)OCC[C@@H]12. The van der Waals surface area contributed by atoms with Gasteiger partial charge in [-0.1, -0.05) is 38.8 Å². The molecule has 0 aromatic rings. The Kier molecular flexibility index (Phi) is 2.34. The van der Waals surface area contributed by atoms with Crippen LogP contribution in [0.1, 0.15) is 59.8 Å². The van der Waals surface area contributed by atoms with Gasteiger partial charge in [0.1, 0.15) is 0 Å². The zero-order valence-electron chi connectivity index (χ0n) is 11.8. The van der Waals surface area contributed by atoms with Crippen molar-refractivity contribution in [3.05, 3.63) is 11.6 Å². The summed E-state index contributed by atoms with van der Waals surface area (Å²) in [5, 5.41) is 0. The maximum Gasteiger partial charge on any atom is 0.0726 e. The topological polar surface area (TPSA) is 9.23 Å². The summed E-state index contributed by atoms with van der Waals surface area (Å²) >= 11 is 0. The van der Waals surface area contributed by atoms with Gasteiger partial charge in [-0.3, -0.25) is 0 Å². The van der Waals surface area contributed by atoms with E-state index in [1.54, 1.807) is 5.57 Å². The van der Waals surface area contributed by atoms with Crippen LogP contribution in [-0.2, 0) is 4.74 Å². The van der Waals surface area contributed by atoms with Crippen LogP contribution < -0.4 is 0 Å². The zero-order valence-corrected chi connectivity index (χ0v) is 11.8. The van der Waals surface area contributed by atoms with Gasteiger partial charge in [0.15, 0.2) is 0 Å². The van der Waals surface area contributed by atoms with Crippen LogP contribution in [0.5, 0.6) is 0 Å². The van der Waals surface area contributed by atoms with E-state index in [-0.39, 0.29) is 5.60 Å². The summed E-state index contributed by atoms with van der Waals surface area (Å²) in [7, 11) is 0. The van der Waals surface area contributed by atoms with Crippen LogP contribution in [0.4, 0.5) is 0 Å². The van der Waals surface area contributed by atoms with Gasteiger partial charge in [0.2, 0.25) is 0 Å². The Labute approximate surface area is 106 Å². The first-order chi connectivity index (χ1) is 7.89. The van der Waals surface area contributed by atoms with Gasteiger partial charge in [-0.2, -0.15) is 0 Å². The van der Waals surface area contributed by atoms with Crippen LogP contribution in [0.25, 0.3) is 0 Å². The van der Waals surface area contributed by atoms with Crippen molar-refractivity contribution in [2.75, 3.05) is 6.61 Å². The standard InChI is InChI=1S/C16H26O/c1-14(2)8-5-9-15(3)12(14)6-10-16(4)13(15)7-11-17-16/h6,13H,5,7-11H2,1-4H3/t13-,15+,16-/m1/s1. The lowest BCUT2D eigenvalue weighted by atomic mass is 9.50. The monoisotopic (exact) mass is 234 g/mol. The van der Waals surface area contributed by atoms with Gasteiger partial charge >= 0.3 is 0 Å². The van der Waals surface area contributed by atoms with E-state index in [0.717, 1.165) is 18.9 Å². The molecule has 3 aliphatic rings. The van der Waals surface area contributed by atoms with Crippen molar-refractivity contribution < 1.29 is 4.74 Å². The predicted octanol–water partition coefficient (Wildman–Crippen LogP) is 4.33. The lowest BCUT2D eigenvalue weighted by Crippen LogP contribution is -2.50. The maximum absolute atomic E-state index is 6.08. The lowest BCUT2D eigenvalue weighted by Gasteiger charge is -2.55. The molecule has 1 aliphatic heterocycles. The average Bonchev–Trinajstić information content (AvgIpc) is 2.60. The fourth-order valence-corrected chi connectivity index (χ4v) is 5.13. The molecular formula is C16H26O. The molecule has 0 aromatic carbocycles. The van der Waals surface area contributed by atoms with Crippen LogP contribution in [0.15, 0.2) is 11.6 Å². The van der Waals surface area contributed by atoms with E-state index in [2.05, 4.69) is 33.8 Å². The van der Waals surface area contributed by atoms with Crippen molar-refractivity contribution in [3.8, 4) is 0 Å². The molecule has 0 amide bonds. The second-order valence-electron chi connectivity index (χ2n) is 7.48. The van der Waals surface area contributed by atoms with Crippen LogP contribution in [0, 0.1) is 16.7 Å². The number of hydrogen-bond donors (Lipinski definition) is 0. The summed E-state index contributed by atoms with van der Waals surface area (Å²) in [6, 6.07) is 0. The Morgan fingerprint density at radius 3 is 2.71 bits per heavy atom. The smallest absolute Gasteiger partial charge is 0.0726 e. The third-order valence-electron chi connectivity index (χ3n) is 5.90. The van der Waals surface area contributed by atoms with Crippen molar-refractivity contribution in [2.45, 2.75) is 65.4 Å². The van der Waals surface area contributed by atoms with Gasteiger partial charge in [0.05, 0.1) is 5.60 Å². The summed E-state index contributed by atoms with van der Waals surface area (Å²) in [6.07, 6.45) is 9.03. The normalized spacial score (nSPS) is 48.2. The fourth-order valence-electron chi connectivity index (χ4n) is 5.13. The van der Waals surface area contributed by atoms with Gasteiger partial charge in [-0.05, 0) is 49.4 Å². The van der Waals surface area contributed by atoms with Gasteiger partial charge < -0.3 is 4.74 Å². The molecule has 2 aliphatic carbocycles. The molecule has 0 unspecified atom stereocenters. The molecule has 1 heteroatoms. The highest BCUT2D eigenvalue weighted by molar-refractivity contribution is 5.30. The summed E-state index contributed by atoms with van der Waals surface area (Å²) in [6.45, 7) is 10.7. The quantitative estimate of drug-likeness (QED) is 0.567. The maximum atomic E-state index is 6.08. The minimum absolute atomic E-state index is 0.131. The van der Waals surface area contributed by atoms with Crippen molar-refractivity contribution >= 4 is 0 Å². The molecule has 3 atom stereocenters. The van der Waals surface area contributed by atoms with E-state index in [1.807, 2.05) is 0 Å². The molecule has 0 aromatic heterocycles. The van der Waals surface area contributed by atoms with E-state index in [1.165, 1.54) is 25.7 Å². The van der Waals surface area contributed by atoms with Crippen molar-refractivity contribution in [3.63, 3.8) is 0 Å². The number of fused-ring (bicyclic) bond motifs is 3. The van der Waals surface area contributed by atoms with Crippen LogP contribution in [0.3, 0.4) is 0 Å². The largest absolute Gasteiger partial charge is 0.375 e. The molecule has 1 heterocycles. The molecule has 3 rings (SSSR count). The predicted molar refractivity (Wildman–Crippen MR) is 70.9 cm³/mol. The Morgan fingerprint density at radius 2 is 1.94 bits per heavy atom. The van der Waals surface area contributed by atoms with E-state index < -0.39 is 0 Å². The molecule has 2 fully saturated rings. The van der Waals surface area contributed by atoms with Crippen molar-refractivity contribution in [2.24, 2.45) is 16.7 Å². The highest BCUT2D eigenvalue weighted by Gasteiger charge is 2.56. The first kappa shape index (κ1) is 11.8. The Morgan fingerprint density at radius 1 is 1.18 bits per heavy atom. The molecule has 96 valence electrons. The van der Waals surface area contributed by atoms with Crippen LogP contribution >= 0.6 is 0 Å². The summed E-state index contributed by atoms with van der Waals surface area (Å²) in [5.41, 5.74) is 2.69. The number of hydrogen-bond acceptors (Lipinski definition) is 1. The second-order valence-corrected chi connectivity index (χ2v) is 7.48. The van der Waals surface area contributed by atoms with Gasteiger partial charge in [0.25, 0.3) is 0 Å². The molecule has 0 spiro atoms. The van der Waals surface area contributed by atoms with Gasteiger partial charge in [-0.25, -0.2) is 0 Å². The fraction of sp³-hybridized carbons (Fsp3) is 0.875. The second kappa shape index (κ2) is 3.38. The molecule has 1 nitrogen and oxygen atoms in total. The van der Waals surface area contributed by atoms with E-state index >= 15 is 0 Å². The molecule has 0 radical (unpaired) electrons. The Bertz CT molecular complexity index is 368. The van der Waals surface area contributed by atoms with E-state index in [4.69, 9.17) is 4.74 Å². The summed E-state index contributed by atoms with van der Waals surface area (Å²) in [4.78, 5) is 0. The first-order valence-electron chi connectivity index (χ1n) is 7.24. The first-order valence-corrected chi connectivity index (χ1v) is 7.24. The molecule has 1 saturated heterocycles. The third-order valence-corrected chi connectivity index (χ3v) is 5.90. The Hall–Kier alpha value is -0.300. The molecule has 0 bridgehead atoms. The van der Waals surface area contributed by atoms with Crippen LogP contribution in [-0.4, -0.2) is 12.2 Å².